The van der Waals surface area contributed by atoms with Crippen molar-refractivity contribution in [2.75, 3.05) is 13.2 Å². The molecule has 2 aromatic rings. The van der Waals surface area contributed by atoms with Crippen LogP contribution >= 0.6 is 0 Å². The summed E-state index contributed by atoms with van der Waals surface area (Å²) in [6, 6.07) is 15.9. The molecule has 0 radical (unpaired) electrons. The molecule has 0 aromatic heterocycles. The molecule has 1 fully saturated rings. The Kier molecular flexibility index (Phi) is 7.50. The Hall–Kier alpha value is -3.35. The summed E-state index contributed by atoms with van der Waals surface area (Å²) in [6.45, 7) is 2.47. The molecule has 3 N–H and O–H groups in total. The van der Waals surface area contributed by atoms with Crippen LogP contribution in [0.25, 0.3) is 11.1 Å². The summed E-state index contributed by atoms with van der Waals surface area (Å²) in [7, 11) is 0. The molecule has 4 rings (SSSR count). The van der Waals surface area contributed by atoms with Gasteiger partial charge in [-0.3, -0.25) is 9.59 Å². The summed E-state index contributed by atoms with van der Waals surface area (Å²) < 4.78 is 5.54. The first-order valence-corrected chi connectivity index (χ1v) is 12.0. The van der Waals surface area contributed by atoms with Gasteiger partial charge in [0.05, 0.1) is 5.92 Å². The number of amides is 2. The second-order valence-corrected chi connectivity index (χ2v) is 9.45. The number of nitrogens with one attached hydrogen (secondary N) is 2. The molecule has 2 amide bonds. The summed E-state index contributed by atoms with van der Waals surface area (Å²) in [4.78, 5) is 35.9. The molecule has 3 atom stereocenters. The van der Waals surface area contributed by atoms with Gasteiger partial charge in [0.1, 0.15) is 6.61 Å². The Morgan fingerprint density at radius 1 is 1.03 bits per heavy atom. The van der Waals surface area contributed by atoms with Crippen LogP contribution in [0.1, 0.15) is 56.1 Å². The van der Waals surface area contributed by atoms with Gasteiger partial charge in [-0.25, -0.2) is 4.79 Å². The summed E-state index contributed by atoms with van der Waals surface area (Å²) in [5, 5.41) is 14.8. The largest absolute Gasteiger partial charge is 0.481 e. The van der Waals surface area contributed by atoms with Gasteiger partial charge in [0.2, 0.25) is 5.91 Å². The highest BCUT2D eigenvalue weighted by Crippen LogP contribution is 2.44. The quantitative estimate of drug-likeness (QED) is 0.540. The molecule has 0 spiro atoms. The Labute approximate surface area is 199 Å². The van der Waals surface area contributed by atoms with Crippen LogP contribution in [-0.2, 0) is 14.3 Å². The Bertz CT molecular complexity index is 1010. The molecule has 0 aliphatic heterocycles. The molecule has 7 heteroatoms. The second kappa shape index (κ2) is 10.7. The minimum absolute atomic E-state index is 0.0122. The fourth-order valence-corrected chi connectivity index (χ4v) is 5.20. The number of fused-ring (bicyclic) bond motifs is 3. The van der Waals surface area contributed by atoms with Gasteiger partial charge in [-0.1, -0.05) is 55.0 Å². The fourth-order valence-electron chi connectivity index (χ4n) is 5.20. The SMILES string of the molecule is C[C@H](CC(=O)NCC1CCCC(C(=O)O)C1)NC(=O)OCC1c2ccccc2-c2ccccc21. The average Bonchev–Trinajstić information content (AvgIpc) is 3.15. The van der Waals surface area contributed by atoms with Crippen molar-refractivity contribution in [3.05, 3.63) is 59.7 Å². The van der Waals surface area contributed by atoms with Crippen LogP contribution in [0.5, 0.6) is 0 Å². The van der Waals surface area contributed by atoms with Crippen LogP contribution in [0.3, 0.4) is 0 Å². The fraction of sp³-hybridized carbons (Fsp3) is 0.444. The van der Waals surface area contributed by atoms with E-state index in [2.05, 4.69) is 34.9 Å². The maximum absolute atomic E-state index is 12.4. The predicted octanol–water partition coefficient (Wildman–Crippen LogP) is 4.31. The number of hydrogen-bond donors (Lipinski definition) is 3. The highest BCUT2D eigenvalue weighted by Gasteiger charge is 2.29. The van der Waals surface area contributed by atoms with Crippen molar-refractivity contribution < 1.29 is 24.2 Å². The zero-order valence-corrected chi connectivity index (χ0v) is 19.5. The molecule has 2 aliphatic rings. The molecule has 2 aliphatic carbocycles. The van der Waals surface area contributed by atoms with Crippen LogP contribution in [0.2, 0.25) is 0 Å². The zero-order valence-electron chi connectivity index (χ0n) is 19.5. The number of carbonyl (C=O) groups excluding carboxylic acids is 2. The molecule has 0 saturated heterocycles. The van der Waals surface area contributed by atoms with E-state index in [4.69, 9.17) is 4.74 Å². The number of carbonyl (C=O) groups is 3. The first-order chi connectivity index (χ1) is 16.4. The minimum atomic E-state index is -0.753. The van der Waals surface area contributed by atoms with Crippen LogP contribution in [0, 0.1) is 11.8 Å². The minimum Gasteiger partial charge on any atom is -0.481 e. The third-order valence-corrected chi connectivity index (χ3v) is 6.92. The normalized spacial score (nSPS) is 20.0. The van der Waals surface area contributed by atoms with Gasteiger partial charge >= 0.3 is 12.1 Å². The van der Waals surface area contributed by atoms with E-state index in [9.17, 15) is 19.5 Å². The van der Waals surface area contributed by atoms with E-state index in [1.165, 1.54) is 11.1 Å². The van der Waals surface area contributed by atoms with Gasteiger partial charge in [-0.15, -0.1) is 0 Å². The molecule has 7 nitrogen and oxygen atoms in total. The number of aliphatic carboxylic acids is 1. The van der Waals surface area contributed by atoms with E-state index in [1.807, 2.05) is 24.3 Å². The number of carboxylic acid groups (broad SMARTS) is 1. The number of rotatable bonds is 8. The van der Waals surface area contributed by atoms with Crippen molar-refractivity contribution >= 4 is 18.0 Å². The van der Waals surface area contributed by atoms with E-state index in [1.54, 1.807) is 6.92 Å². The predicted molar refractivity (Wildman–Crippen MR) is 128 cm³/mol. The van der Waals surface area contributed by atoms with Crippen molar-refractivity contribution in [2.45, 2.75) is 51.0 Å². The van der Waals surface area contributed by atoms with Gasteiger partial charge in [0.15, 0.2) is 0 Å². The molecule has 180 valence electrons. The molecule has 34 heavy (non-hydrogen) atoms. The lowest BCUT2D eigenvalue weighted by atomic mass is 9.81. The number of alkyl carbamates (subject to hydrolysis) is 1. The van der Waals surface area contributed by atoms with Crippen molar-refractivity contribution in [3.63, 3.8) is 0 Å². The van der Waals surface area contributed by atoms with E-state index < -0.39 is 12.1 Å². The zero-order chi connectivity index (χ0) is 24.1. The Balaban J connectivity index is 1.22. The van der Waals surface area contributed by atoms with Gasteiger partial charge < -0.3 is 20.5 Å². The number of benzene rings is 2. The van der Waals surface area contributed by atoms with Crippen LogP contribution in [-0.4, -0.2) is 42.3 Å². The van der Waals surface area contributed by atoms with E-state index in [0.717, 1.165) is 24.0 Å². The molecule has 2 aromatic carbocycles. The Morgan fingerprint density at radius 3 is 2.32 bits per heavy atom. The van der Waals surface area contributed by atoms with E-state index >= 15 is 0 Å². The van der Waals surface area contributed by atoms with Crippen molar-refractivity contribution in [1.29, 1.82) is 0 Å². The molecular weight excluding hydrogens is 432 g/mol. The highest BCUT2D eigenvalue weighted by atomic mass is 16.5. The molecule has 1 saturated carbocycles. The lowest BCUT2D eigenvalue weighted by molar-refractivity contribution is -0.143. The highest BCUT2D eigenvalue weighted by molar-refractivity contribution is 5.79. The summed E-state index contributed by atoms with van der Waals surface area (Å²) in [6.07, 6.45) is 2.71. The van der Waals surface area contributed by atoms with Crippen LogP contribution in [0.4, 0.5) is 4.79 Å². The summed E-state index contributed by atoms with van der Waals surface area (Å²) in [5.41, 5.74) is 4.64. The first kappa shape index (κ1) is 23.8. The van der Waals surface area contributed by atoms with E-state index in [0.29, 0.717) is 19.4 Å². The smallest absolute Gasteiger partial charge is 0.407 e. The third kappa shape index (κ3) is 5.58. The standard InChI is InChI=1S/C27H32N2O5/c1-17(13-25(30)28-15-18-7-6-8-19(14-18)26(31)32)29-27(33)34-16-24-22-11-4-2-9-20(22)21-10-3-5-12-23(21)24/h2-5,9-12,17-19,24H,6-8,13-16H2,1H3,(H,28,30)(H,29,33)(H,31,32)/t17-,18?,19?/m1/s1. The van der Waals surface area contributed by atoms with Crippen molar-refractivity contribution in [3.8, 4) is 11.1 Å². The van der Waals surface area contributed by atoms with Crippen LogP contribution in [0.15, 0.2) is 48.5 Å². The lowest BCUT2D eigenvalue weighted by Crippen LogP contribution is -2.39. The third-order valence-electron chi connectivity index (χ3n) is 6.92. The maximum atomic E-state index is 12.4. The molecular formula is C27H32N2O5. The number of hydrogen-bond acceptors (Lipinski definition) is 4. The van der Waals surface area contributed by atoms with Gasteiger partial charge in [0.25, 0.3) is 0 Å². The topological polar surface area (TPSA) is 105 Å². The maximum Gasteiger partial charge on any atom is 0.407 e. The van der Waals surface area contributed by atoms with Crippen LogP contribution < -0.4 is 10.6 Å². The summed E-state index contributed by atoms with van der Waals surface area (Å²) in [5.74, 6) is -1.06. The van der Waals surface area contributed by atoms with Gasteiger partial charge in [-0.2, -0.15) is 0 Å². The number of ether oxygens (including phenoxy) is 1. The van der Waals surface area contributed by atoms with Gasteiger partial charge in [-0.05, 0) is 54.4 Å². The molecule has 0 bridgehead atoms. The van der Waals surface area contributed by atoms with Crippen molar-refractivity contribution in [2.24, 2.45) is 11.8 Å². The monoisotopic (exact) mass is 464 g/mol. The first-order valence-electron chi connectivity index (χ1n) is 12.0. The average molecular weight is 465 g/mol. The summed E-state index contributed by atoms with van der Waals surface area (Å²) >= 11 is 0. The molecule has 0 heterocycles. The molecule has 2 unspecified atom stereocenters. The van der Waals surface area contributed by atoms with Gasteiger partial charge in [0, 0.05) is 24.9 Å². The second-order valence-electron chi connectivity index (χ2n) is 9.45. The van der Waals surface area contributed by atoms with Crippen molar-refractivity contribution in [1.82, 2.24) is 10.6 Å². The lowest BCUT2D eigenvalue weighted by Gasteiger charge is -2.26. The van der Waals surface area contributed by atoms with E-state index in [-0.39, 0.29) is 42.7 Å². The Morgan fingerprint density at radius 2 is 1.68 bits per heavy atom. The number of carboxylic acids is 1.